The lowest BCUT2D eigenvalue weighted by Crippen LogP contribution is -2.23. The third-order valence-electron chi connectivity index (χ3n) is 4.70. The molecule has 0 bridgehead atoms. The second-order valence-electron chi connectivity index (χ2n) is 6.91. The van der Waals surface area contributed by atoms with Crippen LogP contribution in [0.4, 0.5) is 0 Å². The first-order chi connectivity index (χ1) is 12.9. The average Bonchev–Trinajstić information content (AvgIpc) is 3.31. The predicted octanol–water partition coefficient (Wildman–Crippen LogP) is 5.18. The highest BCUT2D eigenvalue weighted by atomic mass is 32.1. The van der Waals surface area contributed by atoms with E-state index in [-0.39, 0.29) is 11.4 Å². The molecule has 0 amide bonds. The van der Waals surface area contributed by atoms with E-state index in [1.54, 1.807) is 0 Å². The van der Waals surface area contributed by atoms with Crippen molar-refractivity contribution in [2.45, 2.75) is 26.2 Å². The Morgan fingerprint density at radius 1 is 1.11 bits per heavy atom. The van der Waals surface area contributed by atoms with Gasteiger partial charge in [-0.3, -0.25) is 4.79 Å². The summed E-state index contributed by atoms with van der Waals surface area (Å²) in [5.74, 6) is 0.383. The smallest absolute Gasteiger partial charge is 0.348 e. The van der Waals surface area contributed by atoms with Crippen LogP contribution in [0.3, 0.4) is 0 Å². The van der Waals surface area contributed by atoms with E-state index in [1.165, 1.54) is 22.7 Å². The second-order valence-corrected chi connectivity index (χ2v) is 8.72. The molecule has 1 aromatic carbocycles. The minimum absolute atomic E-state index is 0.00879. The van der Waals surface area contributed by atoms with Crippen LogP contribution in [0.15, 0.2) is 56.4 Å². The van der Waals surface area contributed by atoms with Gasteiger partial charge < -0.3 is 4.42 Å². The van der Waals surface area contributed by atoms with Crippen molar-refractivity contribution in [1.29, 1.82) is 0 Å². The molecule has 3 aromatic heterocycles. The zero-order valence-electron chi connectivity index (χ0n) is 15.1. The van der Waals surface area contributed by atoms with Crippen LogP contribution in [0.2, 0.25) is 0 Å². The number of fused-ring (bicyclic) bond motifs is 1. The Bertz CT molecular complexity index is 1180. The number of carbonyl (C=O) groups excluding carboxylic acids is 1. The van der Waals surface area contributed by atoms with Crippen LogP contribution in [0, 0.1) is 6.92 Å². The van der Waals surface area contributed by atoms with Crippen molar-refractivity contribution in [3.05, 3.63) is 85.0 Å². The van der Waals surface area contributed by atoms with Gasteiger partial charge in [-0.25, -0.2) is 9.78 Å². The van der Waals surface area contributed by atoms with Crippen LogP contribution in [0.5, 0.6) is 0 Å². The van der Waals surface area contributed by atoms with Gasteiger partial charge in [0.1, 0.15) is 4.83 Å². The van der Waals surface area contributed by atoms with E-state index in [0.717, 1.165) is 11.1 Å². The number of carbonyl (C=O) groups is 1. The minimum Gasteiger partial charge on any atom is -0.407 e. The largest absolute Gasteiger partial charge is 0.407 e. The molecule has 136 valence electrons. The Kier molecular flexibility index (Phi) is 4.32. The number of rotatable bonds is 4. The van der Waals surface area contributed by atoms with E-state index in [1.807, 2.05) is 67.9 Å². The molecule has 0 aliphatic rings. The predicted molar refractivity (Wildman–Crippen MR) is 109 cm³/mol. The highest BCUT2D eigenvalue weighted by molar-refractivity contribution is 7.16. The number of aromatic nitrogens is 1. The number of hydrogen-bond acceptors (Lipinski definition) is 6. The summed E-state index contributed by atoms with van der Waals surface area (Å²) in [6.45, 7) is 5.80. The fourth-order valence-electron chi connectivity index (χ4n) is 2.99. The molecule has 4 aromatic rings. The van der Waals surface area contributed by atoms with Gasteiger partial charge in [0.25, 0.3) is 0 Å². The summed E-state index contributed by atoms with van der Waals surface area (Å²) in [4.78, 5) is 30.9. The van der Waals surface area contributed by atoms with Gasteiger partial charge in [-0.2, -0.15) is 0 Å². The topological polar surface area (TPSA) is 60.2 Å². The number of aryl methyl sites for hydroxylation is 1. The molecule has 0 atom stereocenters. The van der Waals surface area contributed by atoms with E-state index in [9.17, 15) is 9.59 Å². The third-order valence-corrected chi connectivity index (χ3v) is 6.56. The number of thiophene rings is 2. The zero-order chi connectivity index (χ0) is 19.2. The summed E-state index contributed by atoms with van der Waals surface area (Å²) in [5.41, 5.74) is 1.49. The normalized spacial score (nSPS) is 11.8. The van der Waals surface area contributed by atoms with Gasteiger partial charge in [0.2, 0.25) is 11.7 Å². The Balaban J connectivity index is 1.72. The van der Waals surface area contributed by atoms with Gasteiger partial charge in [0.05, 0.1) is 15.7 Å². The maximum atomic E-state index is 12.5. The molecule has 6 heteroatoms. The Morgan fingerprint density at radius 3 is 2.52 bits per heavy atom. The molecule has 27 heavy (non-hydrogen) atoms. The molecule has 4 rings (SSSR count). The molecule has 0 unspecified atom stereocenters. The van der Waals surface area contributed by atoms with Crippen molar-refractivity contribution >= 4 is 38.7 Å². The number of nitrogens with zero attached hydrogens (tertiary/aromatic N) is 1. The Morgan fingerprint density at radius 2 is 1.85 bits per heavy atom. The van der Waals surface area contributed by atoms with Gasteiger partial charge in [0.15, 0.2) is 0 Å². The summed E-state index contributed by atoms with van der Waals surface area (Å²) in [7, 11) is 0. The molecular weight excluding hydrogens is 378 g/mol. The molecule has 0 radical (unpaired) electrons. The molecule has 0 N–H and O–H groups in total. The third kappa shape index (κ3) is 3.05. The zero-order valence-corrected chi connectivity index (χ0v) is 16.7. The Labute approximate surface area is 164 Å². The quantitative estimate of drug-likeness (QED) is 0.447. The Hall–Kier alpha value is -2.57. The van der Waals surface area contributed by atoms with Gasteiger partial charge in [0, 0.05) is 5.56 Å². The van der Waals surface area contributed by atoms with Gasteiger partial charge >= 0.3 is 5.63 Å². The van der Waals surface area contributed by atoms with Crippen molar-refractivity contribution in [2.24, 2.45) is 0 Å². The highest BCUT2D eigenvalue weighted by Gasteiger charge is 2.29. The van der Waals surface area contributed by atoms with Crippen molar-refractivity contribution in [2.75, 3.05) is 0 Å². The lowest BCUT2D eigenvalue weighted by atomic mass is 9.84. The lowest BCUT2D eigenvalue weighted by molar-refractivity contribution is 0.104. The molecule has 3 heterocycles. The van der Waals surface area contributed by atoms with Crippen molar-refractivity contribution in [3.63, 3.8) is 0 Å². The van der Waals surface area contributed by atoms with Crippen molar-refractivity contribution in [3.8, 4) is 0 Å². The van der Waals surface area contributed by atoms with Crippen LogP contribution in [-0.4, -0.2) is 10.8 Å². The summed E-state index contributed by atoms with van der Waals surface area (Å²) >= 11 is 2.87. The van der Waals surface area contributed by atoms with E-state index < -0.39 is 5.41 Å². The fraction of sp³-hybridized carbons (Fsp3) is 0.190. The molecule has 0 saturated heterocycles. The van der Waals surface area contributed by atoms with Gasteiger partial charge in [-0.15, -0.1) is 22.7 Å². The molecule has 0 aliphatic heterocycles. The summed E-state index contributed by atoms with van der Waals surface area (Å²) in [6.07, 6.45) is 0. The SMILES string of the molecule is Cc1csc2nc(C(C)(C)c3ccc(C(=O)c4cccs4)cc3)oc(=O)c12. The van der Waals surface area contributed by atoms with E-state index in [4.69, 9.17) is 4.42 Å². The fourth-order valence-corrected chi connectivity index (χ4v) is 4.58. The number of hydrogen-bond donors (Lipinski definition) is 0. The second kappa shape index (κ2) is 6.55. The summed E-state index contributed by atoms with van der Waals surface area (Å²) in [6, 6.07) is 11.1. The van der Waals surface area contributed by atoms with E-state index >= 15 is 0 Å². The van der Waals surface area contributed by atoms with Crippen LogP contribution < -0.4 is 5.63 Å². The van der Waals surface area contributed by atoms with Crippen molar-refractivity contribution in [1.82, 2.24) is 4.98 Å². The first kappa shape index (κ1) is 17.8. The van der Waals surface area contributed by atoms with Crippen LogP contribution in [0.1, 0.15) is 46.1 Å². The number of benzene rings is 1. The van der Waals surface area contributed by atoms with Crippen LogP contribution >= 0.6 is 22.7 Å². The van der Waals surface area contributed by atoms with Crippen molar-refractivity contribution < 1.29 is 9.21 Å². The maximum absolute atomic E-state index is 12.5. The van der Waals surface area contributed by atoms with Crippen LogP contribution in [0.25, 0.3) is 10.2 Å². The summed E-state index contributed by atoms with van der Waals surface area (Å²) in [5, 5.41) is 4.36. The first-order valence-corrected chi connectivity index (χ1v) is 10.2. The van der Waals surface area contributed by atoms with E-state index in [0.29, 0.717) is 26.5 Å². The standard InChI is InChI=1S/C21H17NO3S2/c1-12-11-27-18-16(12)19(24)25-20(22-18)21(2,3)14-8-6-13(7-9-14)17(23)15-5-4-10-26-15/h4-11H,1-3H3. The average molecular weight is 396 g/mol. The summed E-state index contributed by atoms with van der Waals surface area (Å²) < 4.78 is 5.56. The monoisotopic (exact) mass is 395 g/mol. The highest BCUT2D eigenvalue weighted by Crippen LogP contribution is 2.32. The van der Waals surface area contributed by atoms with Gasteiger partial charge in [-0.05, 0) is 48.7 Å². The maximum Gasteiger partial charge on any atom is 0.348 e. The first-order valence-electron chi connectivity index (χ1n) is 8.46. The van der Waals surface area contributed by atoms with E-state index in [2.05, 4.69) is 4.98 Å². The minimum atomic E-state index is -0.601. The molecule has 0 fully saturated rings. The molecular formula is C21H17NO3S2. The van der Waals surface area contributed by atoms with Crippen LogP contribution in [-0.2, 0) is 5.41 Å². The lowest BCUT2D eigenvalue weighted by Gasteiger charge is -2.22. The molecule has 0 saturated carbocycles. The van der Waals surface area contributed by atoms with Gasteiger partial charge in [-0.1, -0.05) is 30.3 Å². The number of ketones is 1. The molecule has 4 nitrogen and oxygen atoms in total. The molecule has 0 spiro atoms. The molecule has 0 aliphatic carbocycles.